The number of nitrogens with zero attached hydrogens (tertiary/aromatic N) is 6. The number of halogens is 4. The number of carbonyl (C=O) groups is 3. The van der Waals surface area contributed by atoms with E-state index in [1.165, 1.54) is 4.88 Å². The molecule has 276 valence electrons. The molecule has 2 aromatic heterocycles. The second kappa shape index (κ2) is 14.3. The summed E-state index contributed by atoms with van der Waals surface area (Å²) < 4.78 is 33.8. The van der Waals surface area contributed by atoms with Gasteiger partial charge in [-0.1, -0.05) is 35.6 Å². The molecule has 0 radical (unpaired) electrons. The van der Waals surface area contributed by atoms with E-state index in [0.29, 0.717) is 29.5 Å². The molecule has 0 unspecified atom stereocenters. The molecule has 0 saturated carbocycles. The van der Waals surface area contributed by atoms with E-state index in [2.05, 4.69) is 45.4 Å². The van der Waals surface area contributed by atoms with Crippen LogP contribution in [0.4, 0.5) is 18.9 Å². The molecule has 4 aromatic rings. The minimum absolute atomic E-state index is 0.0147. The Morgan fingerprint density at radius 2 is 1.70 bits per heavy atom. The van der Waals surface area contributed by atoms with E-state index in [0.717, 1.165) is 52.0 Å². The smallest absolute Gasteiger partial charge is 0.478 e. The van der Waals surface area contributed by atoms with Crippen LogP contribution in [0.1, 0.15) is 61.6 Å². The van der Waals surface area contributed by atoms with Crippen molar-refractivity contribution in [3.63, 3.8) is 0 Å². The maximum atomic E-state index is 13.8. The van der Waals surface area contributed by atoms with Gasteiger partial charge in [-0.2, -0.15) is 13.2 Å². The van der Waals surface area contributed by atoms with E-state index in [1.54, 1.807) is 17.4 Å². The Kier molecular flexibility index (Phi) is 10.1. The number of hydrogen-bond acceptors (Lipinski definition) is 9. The fourth-order valence-corrected chi connectivity index (χ4v) is 8.02. The van der Waals surface area contributed by atoms with E-state index in [9.17, 15) is 27.9 Å². The molecule has 1 atom stereocenters. The third-order valence-corrected chi connectivity index (χ3v) is 10.8. The Bertz CT molecular complexity index is 2210. The van der Waals surface area contributed by atoms with Crippen molar-refractivity contribution < 1.29 is 37.8 Å². The number of carboxylic acids is 2. The van der Waals surface area contributed by atoms with Gasteiger partial charge >= 0.3 is 18.1 Å². The summed E-state index contributed by atoms with van der Waals surface area (Å²) in [5.74, 6) is 3.32. The molecule has 1 amide bonds. The van der Waals surface area contributed by atoms with E-state index in [-0.39, 0.29) is 29.9 Å². The average Bonchev–Trinajstić information content (AvgIpc) is 3.54. The highest BCUT2D eigenvalue weighted by Crippen LogP contribution is 2.44. The summed E-state index contributed by atoms with van der Waals surface area (Å²) in [7, 11) is 0. The maximum absolute atomic E-state index is 13.8. The fourth-order valence-electron chi connectivity index (χ4n) is 6.68. The van der Waals surface area contributed by atoms with Crippen molar-refractivity contribution in [2.45, 2.75) is 39.4 Å². The van der Waals surface area contributed by atoms with Crippen molar-refractivity contribution in [3.8, 4) is 16.8 Å². The summed E-state index contributed by atoms with van der Waals surface area (Å²) in [5.41, 5.74) is 11.0. The molecule has 5 heterocycles. The van der Waals surface area contributed by atoms with Crippen LogP contribution in [0.5, 0.6) is 0 Å². The first kappa shape index (κ1) is 37.5. The summed E-state index contributed by atoms with van der Waals surface area (Å²) in [6, 6.07) is 12.4. The number of carboxylic acid groups (broad SMARTS) is 2. The van der Waals surface area contributed by atoms with Crippen LogP contribution in [0.2, 0.25) is 5.02 Å². The number of aliphatic imine (C=N–C) groups is 1. The molecule has 7 rings (SSSR count). The van der Waals surface area contributed by atoms with Gasteiger partial charge in [0.15, 0.2) is 5.82 Å². The van der Waals surface area contributed by atoms with Gasteiger partial charge in [-0.15, -0.1) is 21.5 Å². The summed E-state index contributed by atoms with van der Waals surface area (Å²) in [6.45, 7) is 9.18. The van der Waals surface area contributed by atoms with Crippen LogP contribution in [0.3, 0.4) is 0 Å². The molecule has 12 nitrogen and oxygen atoms in total. The monoisotopic (exact) mass is 767 g/mol. The Hall–Kier alpha value is -5.24. The lowest BCUT2D eigenvalue weighted by Gasteiger charge is -2.61. The number of nitrogens with two attached hydrogens (primary N) is 1. The van der Waals surface area contributed by atoms with Crippen molar-refractivity contribution in [2.75, 3.05) is 37.6 Å². The largest absolute Gasteiger partial charge is 0.490 e. The first-order valence-corrected chi connectivity index (χ1v) is 17.5. The molecule has 3 aliphatic rings. The first-order chi connectivity index (χ1) is 25.0. The molecule has 4 N–H and O–H groups in total. The quantitative estimate of drug-likeness (QED) is 0.232. The zero-order chi connectivity index (χ0) is 38.4. The van der Waals surface area contributed by atoms with Crippen molar-refractivity contribution >= 4 is 52.2 Å². The molecule has 0 bridgehead atoms. The van der Waals surface area contributed by atoms with E-state index < -0.39 is 24.2 Å². The molecule has 3 aliphatic heterocycles. The highest BCUT2D eigenvalue weighted by atomic mass is 35.5. The van der Waals surface area contributed by atoms with Crippen molar-refractivity contribution in [3.05, 3.63) is 91.8 Å². The van der Waals surface area contributed by atoms with E-state index in [4.69, 9.17) is 32.2 Å². The van der Waals surface area contributed by atoms with Crippen LogP contribution in [0.25, 0.3) is 5.00 Å². The number of anilines is 1. The third-order valence-electron chi connectivity index (χ3n) is 9.35. The van der Waals surface area contributed by atoms with Gasteiger partial charge < -0.3 is 25.7 Å². The number of benzene rings is 2. The standard InChI is InChI=1S/C34H32ClN7O3S.C2HF3O2/c1-19-20(2)46-32-29(19)30(22-6-8-24(35)9-7-22)37-27(31-39-38-21(3)42(31)32)14-28(43)41-17-34(18-41)15-40(16-34)25-10-11-26(33(44)45)23(13-25)5-4-12-36;3-2(4,5)1(6)7/h6-11,13,27H,12,14-18,36H2,1-3H3,(H,44,45);(H,6,7)/t27-;/m0./s1. The number of aromatic carboxylic acids is 1. The molecular weight excluding hydrogens is 735 g/mol. The van der Waals surface area contributed by atoms with Gasteiger partial charge in [0.25, 0.3) is 0 Å². The Balaban J connectivity index is 0.000000626. The lowest BCUT2D eigenvalue weighted by molar-refractivity contribution is -0.192. The third kappa shape index (κ3) is 7.37. The number of likely N-dealkylation sites (tertiary alicyclic amines) is 1. The number of thiophene rings is 1. The minimum Gasteiger partial charge on any atom is -0.478 e. The summed E-state index contributed by atoms with van der Waals surface area (Å²) in [6.07, 6.45) is -4.90. The molecule has 2 fully saturated rings. The summed E-state index contributed by atoms with van der Waals surface area (Å²) >= 11 is 7.92. The molecule has 0 aliphatic carbocycles. The highest BCUT2D eigenvalue weighted by molar-refractivity contribution is 7.15. The number of rotatable bonds is 5. The normalized spacial score (nSPS) is 16.8. The van der Waals surface area contributed by atoms with Gasteiger partial charge in [0.1, 0.15) is 16.9 Å². The van der Waals surface area contributed by atoms with Crippen LogP contribution < -0.4 is 10.6 Å². The van der Waals surface area contributed by atoms with Crippen molar-refractivity contribution in [2.24, 2.45) is 16.1 Å². The number of aliphatic carboxylic acids is 1. The number of fused-ring (bicyclic) bond motifs is 3. The number of alkyl halides is 3. The van der Waals surface area contributed by atoms with E-state index >= 15 is 0 Å². The average molecular weight is 768 g/mol. The number of amides is 1. The zero-order valence-electron chi connectivity index (χ0n) is 28.7. The van der Waals surface area contributed by atoms with Gasteiger partial charge in [0.2, 0.25) is 5.91 Å². The fraction of sp³-hybridized carbons (Fsp3) is 0.333. The molecule has 17 heteroatoms. The van der Waals surface area contributed by atoms with Crippen LogP contribution in [0, 0.1) is 38.0 Å². The molecular formula is C36H33ClF3N7O5S. The minimum atomic E-state index is -5.08. The Morgan fingerprint density at radius 1 is 1.04 bits per heavy atom. The summed E-state index contributed by atoms with van der Waals surface area (Å²) in [4.78, 5) is 44.8. The van der Waals surface area contributed by atoms with E-state index in [1.807, 2.05) is 48.2 Å². The lowest BCUT2D eigenvalue weighted by Crippen LogP contribution is -2.73. The van der Waals surface area contributed by atoms with Crippen molar-refractivity contribution in [1.82, 2.24) is 19.7 Å². The lowest BCUT2D eigenvalue weighted by atomic mass is 9.72. The van der Waals surface area contributed by atoms with Crippen LogP contribution in [-0.4, -0.2) is 92.3 Å². The number of aromatic nitrogens is 3. The topological polar surface area (TPSA) is 167 Å². The maximum Gasteiger partial charge on any atom is 0.490 e. The van der Waals surface area contributed by atoms with Gasteiger partial charge in [-0.3, -0.25) is 14.4 Å². The predicted octanol–water partition coefficient (Wildman–Crippen LogP) is 5.18. The van der Waals surface area contributed by atoms with Crippen molar-refractivity contribution in [1.29, 1.82) is 0 Å². The second-order valence-electron chi connectivity index (χ2n) is 13.1. The second-order valence-corrected chi connectivity index (χ2v) is 14.7. The predicted molar refractivity (Wildman–Crippen MR) is 192 cm³/mol. The molecule has 1 spiro atoms. The van der Waals surface area contributed by atoms with Gasteiger partial charge in [0.05, 0.1) is 24.2 Å². The van der Waals surface area contributed by atoms with Gasteiger partial charge in [-0.25, -0.2) is 9.59 Å². The summed E-state index contributed by atoms with van der Waals surface area (Å²) in [5, 5.41) is 27.3. The molecule has 2 saturated heterocycles. The van der Waals surface area contributed by atoms with Crippen LogP contribution in [0.15, 0.2) is 47.5 Å². The molecule has 53 heavy (non-hydrogen) atoms. The SMILES string of the molecule is Cc1sc2c(c1C)C(c1ccc(Cl)cc1)=N[C@@H](CC(=O)N1CC3(C1)CN(c1ccc(C(=O)O)c(C#CCN)c1)C3)c1nnc(C)n1-2.O=C(O)C(F)(F)F. The number of carbonyl (C=O) groups excluding carboxylic acids is 1. The van der Waals surface area contributed by atoms with Crippen LogP contribution >= 0.6 is 22.9 Å². The number of aryl methyl sites for hydroxylation is 2. The van der Waals surface area contributed by atoms with Gasteiger partial charge in [-0.05, 0) is 56.7 Å². The molecule has 2 aromatic carbocycles. The first-order valence-electron chi connectivity index (χ1n) is 16.3. The highest BCUT2D eigenvalue weighted by Gasteiger charge is 2.53. The number of hydrogen-bond donors (Lipinski definition) is 3. The van der Waals surface area contributed by atoms with Crippen LogP contribution in [-0.2, 0) is 9.59 Å². The Labute approximate surface area is 310 Å². The Morgan fingerprint density at radius 3 is 2.30 bits per heavy atom. The zero-order valence-corrected chi connectivity index (χ0v) is 30.2. The van der Waals surface area contributed by atoms with Gasteiger partial charge in [0, 0.05) is 63.9 Å².